The van der Waals surface area contributed by atoms with E-state index in [2.05, 4.69) is 0 Å². The lowest BCUT2D eigenvalue weighted by Gasteiger charge is -2.32. The maximum Gasteiger partial charge on any atom is 0.308 e. The van der Waals surface area contributed by atoms with Gasteiger partial charge in [-0.2, -0.15) is 0 Å². The molecule has 0 aliphatic carbocycles. The van der Waals surface area contributed by atoms with Crippen molar-refractivity contribution in [1.82, 2.24) is 9.80 Å². The van der Waals surface area contributed by atoms with Crippen LogP contribution >= 0.6 is 0 Å². The smallest absolute Gasteiger partial charge is 0.308 e. The maximum atomic E-state index is 12.6. The number of carboxylic acids is 1. The van der Waals surface area contributed by atoms with Gasteiger partial charge in [-0.3, -0.25) is 24.5 Å². The molecule has 0 spiro atoms. The Hall–Kier alpha value is -2.97. The van der Waals surface area contributed by atoms with Gasteiger partial charge in [0.15, 0.2) is 0 Å². The van der Waals surface area contributed by atoms with Crippen LogP contribution in [0.4, 0.5) is 5.69 Å². The molecule has 1 atom stereocenters. The van der Waals surface area contributed by atoms with Gasteiger partial charge in [0, 0.05) is 37.3 Å². The van der Waals surface area contributed by atoms with E-state index in [1.807, 2.05) is 13.8 Å². The lowest BCUT2D eigenvalue weighted by atomic mass is 9.98. The minimum absolute atomic E-state index is 0.0647. The molecular weight excluding hydrogens is 366 g/mol. The monoisotopic (exact) mass is 391 g/mol. The third-order valence-corrected chi connectivity index (χ3v) is 4.94. The van der Waals surface area contributed by atoms with Crippen molar-refractivity contribution in [3.05, 3.63) is 39.4 Å². The van der Waals surface area contributed by atoms with Gasteiger partial charge in [0.25, 0.3) is 11.6 Å². The number of carbonyl (C=O) groups is 3. The second kappa shape index (κ2) is 8.81. The molecule has 0 aromatic heterocycles. The highest BCUT2D eigenvalue weighted by molar-refractivity contribution is 5.97. The zero-order valence-electron chi connectivity index (χ0n) is 16.3. The molecule has 0 saturated carbocycles. The molecule has 152 valence electrons. The van der Waals surface area contributed by atoms with E-state index in [1.165, 1.54) is 29.0 Å². The summed E-state index contributed by atoms with van der Waals surface area (Å²) < 4.78 is 0. The fourth-order valence-electron chi connectivity index (χ4n) is 3.32. The van der Waals surface area contributed by atoms with Crippen LogP contribution in [0.15, 0.2) is 18.2 Å². The average Bonchev–Trinajstić information content (AvgIpc) is 2.66. The van der Waals surface area contributed by atoms with E-state index < -0.39 is 22.7 Å². The van der Waals surface area contributed by atoms with Crippen LogP contribution in [0.25, 0.3) is 0 Å². The Morgan fingerprint density at radius 3 is 2.61 bits per heavy atom. The van der Waals surface area contributed by atoms with Gasteiger partial charge >= 0.3 is 5.97 Å². The molecule has 1 unspecified atom stereocenters. The zero-order chi connectivity index (χ0) is 21.0. The van der Waals surface area contributed by atoms with Crippen molar-refractivity contribution in [2.45, 2.75) is 32.6 Å². The van der Waals surface area contributed by atoms with Crippen molar-refractivity contribution in [3.8, 4) is 0 Å². The minimum atomic E-state index is -0.931. The Morgan fingerprint density at radius 2 is 2.04 bits per heavy atom. The topological polar surface area (TPSA) is 121 Å². The molecule has 1 heterocycles. The summed E-state index contributed by atoms with van der Waals surface area (Å²) in [6, 6.07) is 4.32. The second-order valence-electron chi connectivity index (χ2n) is 7.36. The molecule has 0 radical (unpaired) electrons. The van der Waals surface area contributed by atoms with Gasteiger partial charge in [0.2, 0.25) is 5.91 Å². The second-order valence-corrected chi connectivity index (χ2v) is 7.36. The normalized spacial score (nSPS) is 16.7. The van der Waals surface area contributed by atoms with Crippen LogP contribution in [0.3, 0.4) is 0 Å². The fraction of sp³-hybridized carbons (Fsp3) is 0.526. The third kappa shape index (κ3) is 4.85. The maximum absolute atomic E-state index is 12.6. The molecule has 1 aliphatic rings. The Morgan fingerprint density at radius 1 is 1.36 bits per heavy atom. The molecule has 1 saturated heterocycles. The van der Waals surface area contributed by atoms with E-state index in [0.29, 0.717) is 24.9 Å². The molecule has 1 aliphatic heterocycles. The van der Waals surface area contributed by atoms with Crippen molar-refractivity contribution in [2.75, 3.05) is 26.7 Å². The highest BCUT2D eigenvalue weighted by atomic mass is 16.6. The average molecular weight is 391 g/mol. The number of nitro groups is 1. The van der Waals surface area contributed by atoms with Crippen molar-refractivity contribution in [1.29, 1.82) is 0 Å². The molecule has 9 heteroatoms. The van der Waals surface area contributed by atoms with Crippen molar-refractivity contribution >= 4 is 23.5 Å². The summed E-state index contributed by atoms with van der Waals surface area (Å²) in [5, 5.41) is 20.4. The zero-order valence-corrected chi connectivity index (χ0v) is 16.3. The summed E-state index contributed by atoms with van der Waals surface area (Å²) in [6.07, 6.45) is 1.13. The van der Waals surface area contributed by atoms with Crippen LogP contribution < -0.4 is 0 Å². The van der Waals surface area contributed by atoms with Gasteiger partial charge in [-0.05, 0) is 24.8 Å². The standard InChI is InChI=1S/C19H25N3O6/c1-12(2)15-7-6-13(9-16(15)22(27)28)18(24)20(3)11-17(23)21-8-4-5-14(10-21)19(25)26/h6-7,9,12,14H,4-5,8,10-11H2,1-3H3,(H,25,26). The number of likely N-dealkylation sites (tertiary alicyclic amines) is 1. The number of nitrogens with zero attached hydrogens (tertiary/aromatic N) is 3. The van der Waals surface area contributed by atoms with Crippen molar-refractivity contribution in [2.24, 2.45) is 5.92 Å². The van der Waals surface area contributed by atoms with Crippen LogP contribution in [0.1, 0.15) is 48.5 Å². The quantitative estimate of drug-likeness (QED) is 0.586. The first kappa shape index (κ1) is 21.3. The van der Waals surface area contributed by atoms with E-state index in [9.17, 15) is 24.5 Å². The number of nitro benzene ring substituents is 1. The number of carbonyl (C=O) groups excluding carboxylic acids is 2. The summed E-state index contributed by atoms with van der Waals surface area (Å²) in [7, 11) is 1.45. The molecule has 0 bridgehead atoms. The van der Waals surface area contributed by atoms with Crippen LogP contribution in [0.2, 0.25) is 0 Å². The molecule has 9 nitrogen and oxygen atoms in total. The molecule has 1 aromatic rings. The Labute approximate surface area is 163 Å². The number of hydrogen-bond acceptors (Lipinski definition) is 5. The highest BCUT2D eigenvalue weighted by Gasteiger charge is 2.29. The van der Waals surface area contributed by atoms with E-state index in [0.717, 1.165) is 0 Å². The molecule has 28 heavy (non-hydrogen) atoms. The van der Waals surface area contributed by atoms with Gasteiger partial charge in [-0.25, -0.2) is 0 Å². The molecule has 2 amide bonds. The third-order valence-electron chi connectivity index (χ3n) is 4.94. The molecule has 2 rings (SSSR count). The van der Waals surface area contributed by atoms with Crippen molar-refractivity contribution < 1.29 is 24.4 Å². The Balaban J connectivity index is 2.10. The lowest BCUT2D eigenvalue weighted by Crippen LogP contribution is -2.46. The number of piperidine rings is 1. The van der Waals surface area contributed by atoms with Crippen LogP contribution in [-0.4, -0.2) is 64.3 Å². The number of carboxylic acid groups (broad SMARTS) is 1. The number of aliphatic carboxylic acids is 1. The van der Waals surface area contributed by atoms with E-state index >= 15 is 0 Å². The fourth-order valence-corrected chi connectivity index (χ4v) is 3.32. The number of likely N-dealkylation sites (N-methyl/N-ethyl adjacent to an activating group) is 1. The first-order chi connectivity index (χ1) is 13.1. The Kier molecular flexibility index (Phi) is 6.71. The summed E-state index contributed by atoms with van der Waals surface area (Å²) in [5.41, 5.74) is 0.544. The van der Waals surface area contributed by atoms with Gasteiger partial charge in [-0.15, -0.1) is 0 Å². The predicted octanol–water partition coefficient (Wildman–Crippen LogP) is 2.11. The summed E-state index contributed by atoms with van der Waals surface area (Å²) >= 11 is 0. The van der Waals surface area contributed by atoms with Gasteiger partial charge in [0.1, 0.15) is 0 Å². The molecule has 1 fully saturated rings. The van der Waals surface area contributed by atoms with E-state index in [-0.39, 0.29) is 36.2 Å². The highest BCUT2D eigenvalue weighted by Crippen LogP contribution is 2.27. The van der Waals surface area contributed by atoms with Crippen LogP contribution in [0.5, 0.6) is 0 Å². The SMILES string of the molecule is CC(C)c1ccc(C(=O)N(C)CC(=O)N2CCCC(C(=O)O)C2)cc1[N+](=O)[O-]. The Bertz CT molecular complexity index is 792. The van der Waals surface area contributed by atoms with Gasteiger partial charge in [-0.1, -0.05) is 19.9 Å². The largest absolute Gasteiger partial charge is 0.481 e. The summed E-state index contributed by atoms with van der Waals surface area (Å²) in [5.74, 6) is -2.43. The molecule has 1 N–H and O–H groups in total. The minimum Gasteiger partial charge on any atom is -0.481 e. The van der Waals surface area contributed by atoms with E-state index in [1.54, 1.807) is 6.07 Å². The van der Waals surface area contributed by atoms with Gasteiger partial charge < -0.3 is 14.9 Å². The van der Waals surface area contributed by atoms with E-state index in [4.69, 9.17) is 5.11 Å². The lowest BCUT2D eigenvalue weighted by molar-refractivity contribution is -0.385. The number of benzene rings is 1. The predicted molar refractivity (Wildman–Crippen MR) is 101 cm³/mol. The summed E-state index contributed by atoms with van der Waals surface area (Å²) in [4.78, 5) is 49.7. The first-order valence-electron chi connectivity index (χ1n) is 9.16. The summed E-state index contributed by atoms with van der Waals surface area (Å²) in [6.45, 7) is 4.03. The molecular formula is C19H25N3O6. The van der Waals surface area contributed by atoms with Crippen LogP contribution in [-0.2, 0) is 9.59 Å². The number of hydrogen-bond donors (Lipinski definition) is 1. The number of amides is 2. The molecule has 1 aromatic carbocycles. The number of rotatable bonds is 6. The van der Waals surface area contributed by atoms with Crippen molar-refractivity contribution in [3.63, 3.8) is 0 Å². The van der Waals surface area contributed by atoms with Gasteiger partial charge in [0.05, 0.1) is 17.4 Å². The van der Waals surface area contributed by atoms with Crippen LogP contribution in [0, 0.1) is 16.0 Å². The first-order valence-corrected chi connectivity index (χ1v) is 9.16.